The first-order chi connectivity index (χ1) is 7.84. The predicted molar refractivity (Wildman–Crippen MR) is 71.3 cm³/mol. The van der Waals surface area contributed by atoms with Crippen LogP contribution in [0.15, 0.2) is 0 Å². The Hall–Kier alpha value is -0.970. The zero-order chi connectivity index (χ0) is 13.1. The Balaban J connectivity index is 2.64. The average Bonchev–Trinajstić information content (AvgIpc) is 2.66. The van der Waals surface area contributed by atoms with Gasteiger partial charge in [-0.3, -0.25) is 4.79 Å². The highest BCUT2D eigenvalue weighted by Gasteiger charge is 2.20. The molecule has 1 unspecified atom stereocenters. The van der Waals surface area contributed by atoms with Gasteiger partial charge in [-0.15, -0.1) is 10.2 Å². The van der Waals surface area contributed by atoms with Crippen LogP contribution < -0.4 is 5.32 Å². The largest absolute Gasteiger partial charge is 0.300 e. The van der Waals surface area contributed by atoms with Crippen LogP contribution in [-0.4, -0.2) is 16.1 Å². The van der Waals surface area contributed by atoms with E-state index in [0.29, 0.717) is 5.13 Å². The third-order valence-corrected chi connectivity index (χ3v) is 3.73. The van der Waals surface area contributed by atoms with Crippen LogP contribution in [0, 0.1) is 5.92 Å². The maximum absolute atomic E-state index is 11.8. The topological polar surface area (TPSA) is 54.9 Å². The summed E-state index contributed by atoms with van der Waals surface area (Å²) in [5.74, 6) is 0.0606. The molecular weight excluding hydrogens is 234 g/mol. The van der Waals surface area contributed by atoms with E-state index in [-0.39, 0.29) is 17.2 Å². The Kier molecular flexibility index (Phi) is 4.62. The van der Waals surface area contributed by atoms with Gasteiger partial charge in [-0.2, -0.15) is 0 Å². The fourth-order valence-corrected chi connectivity index (χ4v) is 2.17. The summed E-state index contributed by atoms with van der Waals surface area (Å²) in [7, 11) is 0. The maximum atomic E-state index is 11.8. The van der Waals surface area contributed by atoms with Crippen molar-refractivity contribution in [2.75, 3.05) is 5.32 Å². The fourth-order valence-electron chi connectivity index (χ4n) is 1.37. The molecule has 17 heavy (non-hydrogen) atoms. The number of nitrogens with zero attached hydrogens (tertiary/aromatic N) is 2. The number of hydrogen-bond acceptors (Lipinski definition) is 4. The van der Waals surface area contributed by atoms with Gasteiger partial charge >= 0.3 is 0 Å². The highest BCUT2D eigenvalue weighted by molar-refractivity contribution is 7.15. The molecule has 0 aliphatic carbocycles. The molecule has 0 fully saturated rings. The van der Waals surface area contributed by atoms with Crippen LogP contribution in [0.2, 0.25) is 0 Å². The van der Waals surface area contributed by atoms with Gasteiger partial charge in [0.1, 0.15) is 5.01 Å². The highest BCUT2D eigenvalue weighted by Crippen LogP contribution is 2.27. The SMILES string of the molecule is CCCC(C)C(=O)Nc1nnc(C(C)(C)C)s1. The Morgan fingerprint density at radius 1 is 1.41 bits per heavy atom. The second-order valence-electron chi connectivity index (χ2n) is 5.34. The monoisotopic (exact) mass is 255 g/mol. The van der Waals surface area contributed by atoms with E-state index in [9.17, 15) is 4.79 Å². The molecule has 0 aliphatic rings. The van der Waals surface area contributed by atoms with E-state index in [1.54, 1.807) is 0 Å². The van der Waals surface area contributed by atoms with E-state index < -0.39 is 0 Å². The van der Waals surface area contributed by atoms with Crippen molar-refractivity contribution in [2.24, 2.45) is 5.92 Å². The first kappa shape index (κ1) is 14.1. The maximum Gasteiger partial charge on any atom is 0.229 e. The van der Waals surface area contributed by atoms with Gasteiger partial charge in [-0.1, -0.05) is 52.4 Å². The van der Waals surface area contributed by atoms with Crippen molar-refractivity contribution in [3.05, 3.63) is 5.01 Å². The zero-order valence-electron chi connectivity index (χ0n) is 11.2. The molecule has 1 rings (SSSR count). The lowest BCUT2D eigenvalue weighted by Gasteiger charge is -2.12. The van der Waals surface area contributed by atoms with E-state index in [4.69, 9.17) is 0 Å². The fraction of sp³-hybridized carbons (Fsp3) is 0.750. The molecule has 0 radical (unpaired) electrons. The molecule has 1 N–H and O–H groups in total. The standard InChI is InChI=1S/C12H21N3OS/c1-6-7-8(2)9(16)13-11-15-14-10(17-11)12(3,4)5/h8H,6-7H2,1-5H3,(H,13,15,16). The predicted octanol–water partition coefficient (Wildman–Crippen LogP) is 3.21. The Bertz CT molecular complexity index is 381. The summed E-state index contributed by atoms with van der Waals surface area (Å²) in [5.41, 5.74) is -0.0182. The molecule has 1 amide bonds. The molecule has 0 aromatic carbocycles. The Morgan fingerprint density at radius 3 is 2.53 bits per heavy atom. The first-order valence-electron chi connectivity index (χ1n) is 5.99. The van der Waals surface area contributed by atoms with E-state index in [1.165, 1.54) is 11.3 Å². The minimum Gasteiger partial charge on any atom is -0.300 e. The van der Waals surface area contributed by atoms with Crippen LogP contribution in [0.4, 0.5) is 5.13 Å². The van der Waals surface area contributed by atoms with Crippen molar-refractivity contribution in [3.8, 4) is 0 Å². The minimum atomic E-state index is -0.0182. The summed E-state index contributed by atoms with van der Waals surface area (Å²) in [6.07, 6.45) is 1.91. The molecule has 0 aliphatic heterocycles. The summed E-state index contributed by atoms with van der Waals surface area (Å²) in [4.78, 5) is 11.8. The number of aromatic nitrogens is 2. The Morgan fingerprint density at radius 2 is 2.06 bits per heavy atom. The van der Waals surface area contributed by atoms with Gasteiger partial charge in [0.05, 0.1) is 0 Å². The van der Waals surface area contributed by atoms with E-state index >= 15 is 0 Å². The number of hydrogen-bond donors (Lipinski definition) is 1. The summed E-state index contributed by atoms with van der Waals surface area (Å²) >= 11 is 1.45. The smallest absolute Gasteiger partial charge is 0.229 e. The van der Waals surface area contributed by atoms with Crippen LogP contribution in [0.25, 0.3) is 0 Å². The lowest BCUT2D eigenvalue weighted by Crippen LogP contribution is -2.20. The Labute approximate surface area is 107 Å². The van der Waals surface area contributed by atoms with Crippen molar-refractivity contribution in [1.82, 2.24) is 10.2 Å². The molecule has 5 heteroatoms. The van der Waals surface area contributed by atoms with Crippen LogP contribution in [0.5, 0.6) is 0 Å². The number of nitrogens with one attached hydrogen (secondary N) is 1. The van der Waals surface area contributed by atoms with Crippen molar-refractivity contribution in [1.29, 1.82) is 0 Å². The molecule has 1 aromatic rings. The second kappa shape index (κ2) is 5.58. The van der Waals surface area contributed by atoms with Crippen molar-refractivity contribution < 1.29 is 4.79 Å². The number of anilines is 1. The van der Waals surface area contributed by atoms with Gasteiger partial charge in [0, 0.05) is 11.3 Å². The van der Waals surface area contributed by atoms with Crippen LogP contribution >= 0.6 is 11.3 Å². The summed E-state index contributed by atoms with van der Waals surface area (Å²) in [5, 5.41) is 12.5. The summed E-state index contributed by atoms with van der Waals surface area (Å²) < 4.78 is 0. The number of carbonyl (C=O) groups is 1. The van der Waals surface area contributed by atoms with E-state index in [1.807, 2.05) is 6.92 Å². The van der Waals surface area contributed by atoms with Crippen LogP contribution in [0.1, 0.15) is 52.5 Å². The lowest BCUT2D eigenvalue weighted by molar-refractivity contribution is -0.119. The molecule has 1 aromatic heterocycles. The summed E-state index contributed by atoms with van der Waals surface area (Å²) in [6, 6.07) is 0. The highest BCUT2D eigenvalue weighted by atomic mass is 32.1. The van der Waals surface area contributed by atoms with Crippen LogP contribution in [0.3, 0.4) is 0 Å². The lowest BCUT2D eigenvalue weighted by atomic mass is 9.98. The summed E-state index contributed by atoms with van der Waals surface area (Å²) in [6.45, 7) is 10.3. The molecule has 4 nitrogen and oxygen atoms in total. The molecule has 1 atom stereocenters. The van der Waals surface area contributed by atoms with Gasteiger partial charge in [0.15, 0.2) is 0 Å². The zero-order valence-corrected chi connectivity index (χ0v) is 12.0. The van der Waals surface area contributed by atoms with Gasteiger partial charge in [-0.05, 0) is 6.42 Å². The number of rotatable bonds is 4. The molecule has 1 heterocycles. The molecular formula is C12H21N3OS. The van der Waals surface area contributed by atoms with Crippen molar-refractivity contribution >= 4 is 22.4 Å². The quantitative estimate of drug-likeness (QED) is 0.898. The minimum absolute atomic E-state index is 0.0182. The van der Waals surface area contributed by atoms with Crippen molar-refractivity contribution in [2.45, 2.75) is 52.9 Å². The second-order valence-corrected chi connectivity index (χ2v) is 6.32. The number of amides is 1. The molecule has 96 valence electrons. The average molecular weight is 255 g/mol. The van der Waals surface area contributed by atoms with Gasteiger partial charge in [0.25, 0.3) is 0 Å². The van der Waals surface area contributed by atoms with Gasteiger partial charge in [0.2, 0.25) is 11.0 Å². The number of carbonyl (C=O) groups excluding carboxylic acids is 1. The van der Waals surface area contributed by atoms with Crippen molar-refractivity contribution in [3.63, 3.8) is 0 Å². The van der Waals surface area contributed by atoms with E-state index in [2.05, 4.69) is 43.2 Å². The van der Waals surface area contributed by atoms with Gasteiger partial charge in [-0.25, -0.2) is 0 Å². The molecule has 0 saturated carbocycles. The normalized spacial score (nSPS) is 13.5. The van der Waals surface area contributed by atoms with Gasteiger partial charge < -0.3 is 5.32 Å². The first-order valence-corrected chi connectivity index (χ1v) is 6.81. The van der Waals surface area contributed by atoms with E-state index in [0.717, 1.165) is 17.8 Å². The molecule has 0 saturated heterocycles. The van der Waals surface area contributed by atoms with Crippen LogP contribution in [-0.2, 0) is 10.2 Å². The molecule has 0 spiro atoms. The molecule has 0 bridgehead atoms. The third kappa shape index (κ3) is 4.07. The third-order valence-electron chi connectivity index (χ3n) is 2.47.